The second-order valence-corrected chi connectivity index (χ2v) is 5.24. The van der Waals surface area contributed by atoms with Gasteiger partial charge >= 0.3 is 0 Å². The Morgan fingerprint density at radius 1 is 1.50 bits per heavy atom. The molecule has 0 unspecified atom stereocenters. The third-order valence-electron chi connectivity index (χ3n) is 2.96. The highest BCUT2D eigenvalue weighted by Gasteiger charge is 2.14. The third kappa shape index (κ3) is 2.82. The first-order chi connectivity index (χ1) is 9.40. The van der Waals surface area contributed by atoms with Crippen LogP contribution >= 0.6 is 15.9 Å². The lowest BCUT2D eigenvalue weighted by atomic mass is 10.3. The Bertz CT molecular complexity index is 648. The number of hydrogen-bond donors (Lipinski definition) is 2. The number of halogens is 2. The minimum atomic E-state index is -0.499. The molecule has 0 aliphatic rings. The van der Waals surface area contributed by atoms with Crippen molar-refractivity contribution in [2.75, 3.05) is 11.1 Å². The van der Waals surface area contributed by atoms with Gasteiger partial charge in [0.1, 0.15) is 12.4 Å². The summed E-state index contributed by atoms with van der Waals surface area (Å²) in [7, 11) is 0. The number of aryl methyl sites for hydroxylation is 1. The van der Waals surface area contributed by atoms with Crippen LogP contribution in [0, 0.1) is 19.7 Å². The van der Waals surface area contributed by atoms with Crippen molar-refractivity contribution >= 4 is 33.2 Å². The number of hydrogen-bond acceptors (Lipinski definition) is 3. The van der Waals surface area contributed by atoms with E-state index in [0.717, 1.165) is 0 Å². The van der Waals surface area contributed by atoms with Crippen molar-refractivity contribution in [3.8, 4) is 0 Å². The smallest absolute Gasteiger partial charge is 0.246 e. The third-order valence-corrected chi connectivity index (χ3v) is 3.62. The summed E-state index contributed by atoms with van der Waals surface area (Å²) in [5, 5.41) is 6.68. The Kier molecular flexibility index (Phi) is 4.08. The van der Waals surface area contributed by atoms with Gasteiger partial charge in [0.2, 0.25) is 5.91 Å². The molecule has 0 bridgehead atoms. The van der Waals surface area contributed by atoms with Crippen molar-refractivity contribution in [1.82, 2.24) is 9.78 Å². The van der Waals surface area contributed by atoms with Gasteiger partial charge in [-0.3, -0.25) is 9.48 Å². The first-order valence-electron chi connectivity index (χ1n) is 5.93. The molecule has 0 aliphatic carbocycles. The number of nitrogen functional groups attached to an aromatic ring is 1. The van der Waals surface area contributed by atoms with Gasteiger partial charge in [-0.15, -0.1) is 0 Å². The minimum Gasteiger partial charge on any atom is -0.396 e. The number of nitrogens with two attached hydrogens (primary N) is 1. The van der Waals surface area contributed by atoms with Gasteiger partial charge in [0, 0.05) is 4.47 Å². The highest BCUT2D eigenvalue weighted by atomic mass is 79.9. The summed E-state index contributed by atoms with van der Waals surface area (Å²) < 4.78 is 15.6. The second kappa shape index (κ2) is 5.62. The van der Waals surface area contributed by atoms with Crippen LogP contribution in [0.2, 0.25) is 0 Å². The lowest BCUT2D eigenvalue weighted by molar-refractivity contribution is -0.117. The zero-order valence-corrected chi connectivity index (χ0v) is 12.7. The number of nitrogens with one attached hydrogen (secondary N) is 1. The predicted molar refractivity (Wildman–Crippen MR) is 78.8 cm³/mol. The number of para-hydroxylation sites is 1. The summed E-state index contributed by atoms with van der Waals surface area (Å²) in [5.41, 5.74) is 7.86. The van der Waals surface area contributed by atoms with Crippen LogP contribution in [0.3, 0.4) is 0 Å². The molecule has 0 spiro atoms. The lowest BCUT2D eigenvalue weighted by Crippen LogP contribution is -2.21. The molecule has 2 rings (SSSR count). The first kappa shape index (κ1) is 14.5. The molecule has 1 heterocycles. The maximum Gasteiger partial charge on any atom is 0.246 e. The van der Waals surface area contributed by atoms with Gasteiger partial charge in [-0.2, -0.15) is 5.10 Å². The maximum atomic E-state index is 13.6. The van der Waals surface area contributed by atoms with E-state index in [9.17, 15) is 9.18 Å². The van der Waals surface area contributed by atoms with Crippen LogP contribution in [0.4, 0.5) is 15.8 Å². The Labute approximate surface area is 124 Å². The fourth-order valence-electron chi connectivity index (χ4n) is 1.80. The molecule has 3 N–H and O–H groups in total. The van der Waals surface area contributed by atoms with Gasteiger partial charge in [-0.25, -0.2) is 4.39 Å². The molecule has 1 amide bonds. The fourth-order valence-corrected chi connectivity index (χ4v) is 2.24. The number of aromatic nitrogens is 2. The van der Waals surface area contributed by atoms with E-state index in [1.807, 2.05) is 0 Å². The predicted octanol–water partition coefficient (Wildman–Crippen LogP) is 2.62. The van der Waals surface area contributed by atoms with Crippen molar-refractivity contribution in [2.45, 2.75) is 20.4 Å². The Balaban J connectivity index is 2.15. The average molecular weight is 341 g/mol. The monoisotopic (exact) mass is 340 g/mol. The van der Waals surface area contributed by atoms with Gasteiger partial charge in [-0.05, 0) is 41.9 Å². The van der Waals surface area contributed by atoms with Crippen molar-refractivity contribution in [3.63, 3.8) is 0 Å². The highest BCUT2D eigenvalue weighted by Crippen LogP contribution is 2.25. The minimum absolute atomic E-state index is 0.0232. The topological polar surface area (TPSA) is 72.9 Å². The zero-order chi connectivity index (χ0) is 14.9. The van der Waals surface area contributed by atoms with Crippen LogP contribution in [-0.2, 0) is 11.3 Å². The van der Waals surface area contributed by atoms with Gasteiger partial charge in [0.25, 0.3) is 0 Å². The van der Waals surface area contributed by atoms with E-state index in [4.69, 9.17) is 5.73 Å². The molecule has 0 aliphatic heterocycles. The number of rotatable bonds is 3. The number of nitrogens with zero attached hydrogens (tertiary/aromatic N) is 2. The second-order valence-electron chi connectivity index (χ2n) is 4.39. The standard InChI is InChI=1S/C13H14BrFN4O/c1-7-12(16)8(2)19(18-7)6-11(20)17-13-9(14)4-3-5-10(13)15/h3-5H,6,16H2,1-2H3,(H,17,20). The SMILES string of the molecule is Cc1nn(CC(=O)Nc2c(F)cccc2Br)c(C)c1N. The Morgan fingerprint density at radius 3 is 2.75 bits per heavy atom. The van der Waals surface area contributed by atoms with Gasteiger partial charge in [0.15, 0.2) is 0 Å². The van der Waals surface area contributed by atoms with E-state index in [1.165, 1.54) is 10.7 Å². The molecule has 1 aromatic heterocycles. The molecular weight excluding hydrogens is 327 g/mol. The normalized spacial score (nSPS) is 10.6. The van der Waals surface area contributed by atoms with E-state index in [1.54, 1.807) is 26.0 Å². The summed E-state index contributed by atoms with van der Waals surface area (Å²) in [4.78, 5) is 12.0. The number of benzene rings is 1. The summed E-state index contributed by atoms with van der Waals surface area (Å²) in [6, 6.07) is 4.48. The number of carbonyl (C=O) groups excluding carboxylic acids is 1. The molecule has 20 heavy (non-hydrogen) atoms. The van der Waals surface area contributed by atoms with Crippen LogP contribution in [-0.4, -0.2) is 15.7 Å². The first-order valence-corrected chi connectivity index (χ1v) is 6.72. The van der Waals surface area contributed by atoms with Crippen LogP contribution in [0.25, 0.3) is 0 Å². The molecule has 0 saturated heterocycles. The molecular formula is C13H14BrFN4O. The Hall–Kier alpha value is -1.89. The van der Waals surface area contributed by atoms with Gasteiger partial charge < -0.3 is 11.1 Å². The largest absolute Gasteiger partial charge is 0.396 e. The molecule has 106 valence electrons. The van der Waals surface area contributed by atoms with Gasteiger partial charge in [-0.1, -0.05) is 6.07 Å². The number of anilines is 2. The van der Waals surface area contributed by atoms with Gasteiger partial charge in [0.05, 0.1) is 22.8 Å². The maximum absolute atomic E-state index is 13.6. The molecule has 0 atom stereocenters. The van der Waals surface area contributed by atoms with Crippen molar-refractivity contribution in [2.24, 2.45) is 0 Å². The molecule has 1 aromatic carbocycles. The summed E-state index contributed by atoms with van der Waals surface area (Å²) in [5.74, 6) is -0.873. The van der Waals surface area contributed by atoms with Crippen molar-refractivity contribution in [3.05, 3.63) is 39.9 Å². The van der Waals surface area contributed by atoms with Crippen molar-refractivity contribution in [1.29, 1.82) is 0 Å². The Morgan fingerprint density at radius 2 is 2.20 bits per heavy atom. The molecule has 0 saturated carbocycles. The van der Waals surface area contributed by atoms with Crippen molar-refractivity contribution < 1.29 is 9.18 Å². The lowest BCUT2D eigenvalue weighted by Gasteiger charge is -2.09. The number of carbonyl (C=O) groups is 1. The van der Waals surface area contributed by atoms with E-state index in [2.05, 4.69) is 26.3 Å². The summed E-state index contributed by atoms with van der Waals surface area (Å²) in [6.45, 7) is 3.52. The van der Waals surface area contributed by atoms with E-state index in [0.29, 0.717) is 21.5 Å². The van der Waals surface area contributed by atoms with Crippen LogP contribution < -0.4 is 11.1 Å². The number of amides is 1. The molecule has 0 fully saturated rings. The summed E-state index contributed by atoms with van der Waals surface area (Å²) >= 11 is 3.19. The van der Waals surface area contributed by atoms with E-state index in [-0.39, 0.29) is 18.1 Å². The molecule has 7 heteroatoms. The van der Waals surface area contributed by atoms with E-state index < -0.39 is 5.82 Å². The quantitative estimate of drug-likeness (QED) is 0.901. The van der Waals surface area contributed by atoms with Crippen LogP contribution in [0.1, 0.15) is 11.4 Å². The fraction of sp³-hybridized carbons (Fsp3) is 0.231. The molecule has 0 radical (unpaired) electrons. The van der Waals surface area contributed by atoms with E-state index >= 15 is 0 Å². The summed E-state index contributed by atoms with van der Waals surface area (Å²) in [6.07, 6.45) is 0. The highest BCUT2D eigenvalue weighted by molar-refractivity contribution is 9.10. The zero-order valence-electron chi connectivity index (χ0n) is 11.1. The molecule has 5 nitrogen and oxygen atoms in total. The van der Waals surface area contributed by atoms with Crippen LogP contribution in [0.15, 0.2) is 22.7 Å². The average Bonchev–Trinajstić information content (AvgIpc) is 2.62. The van der Waals surface area contributed by atoms with Crippen LogP contribution in [0.5, 0.6) is 0 Å². The molecule has 2 aromatic rings.